The molecule has 9 rings (SSSR count). The SMILES string of the molecule is [C-]#[N+]/C(C#N)=C\c1ccc(-c2cc3c(s2)-c2sc4c5c(sc4c2C32CCCCC2)C=C(c2ccc(/C=C(\C#N)[N+]#[C-])s2)C52CCCCC2)s1. The van der Waals surface area contributed by atoms with Crippen LogP contribution < -0.4 is 0 Å². The summed E-state index contributed by atoms with van der Waals surface area (Å²) in [4.78, 5) is 16.8. The van der Waals surface area contributed by atoms with E-state index in [1.807, 2.05) is 40.9 Å². The Kier molecular flexibility index (Phi) is 7.44. The lowest BCUT2D eigenvalue weighted by molar-refractivity contribution is 0.356. The van der Waals surface area contributed by atoms with Crippen molar-refractivity contribution in [2.24, 2.45) is 0 Å². The van der Waals surface area contributed by atoms with Crippen molar-refractivity contribution in [2.45, 2.75) is 75.0 Å². The van der Waals surface area contributed by atoms with E-state index in [1.54, 1.807) is 46.0 Å². The lowest BCUT2D eigenvalue weighted by atomic mass is 9.66. The fourth-order valence-electron chi connectivity index (χ4n) is 8.92. The summed E-state index contributed by atoms with van der Waals surface area (Å²) in [7, 11) is 0. The van der Waals surface area contributed by atoms with Gasteiger partial charge in [-0.05, 0) is 90.9 Å². The number of thiophene rings is 5. The smallest absolute Gasteiger partial charge is 0.227 e. The van der Waals surface area contributed by atoms with Crippen LogP contribution in [0, 0.1) is 35.8 Å². The highest BCUT2D eigenvalue weighted by Gasteiger charge is 2.51. The Morgan fingerprint density at radius 1 is 0.653 bits per heavy atom. The summed E-state index contributed by atoms with van der Waals surface area (Å²) in [5.74, 6) is 0. The second kappa shape index (κ2) is 11.8. The molecule has 238 valence electrons. The first-order valence-electron chi connectivity index (χ1n) is 16.7. The van der Waals surface area contributed by atoms with Gasteiger partial charge in [0, 0.05) is 50.5 Å². The van der Waals surface area contributed by atoms with Gasteiger partial charge in [0.1, 0.15) is 0 Å². The lowest BCUT2D eigenvalue weighted by Gasteiger charge is -2.37. The normalized spacial score (nSPS) is 18.8. The third kappa shape index (κ3) is 4.58. The van der Waals surface area contributed by atoms with E-state index in [0.717, 1.165) is 9.75 Å². The quantitative estimate of drug-likeness (QED) is 0.137. The molecular formula is C40H28N4S5. The molecule has 4 aliphatic rings. The van der Waals surface area contributed by atoms with Gasteiger partial charge in [0.15, 0.2) is 0 Å². The molecule has 4 nitrogen and oxygen atoms in total. The average Bonchev–Trinajstić information content (AvgIpc) is 3.98. The first-order valence-corrected chi connectivity index (χ1v) is 20.8. The molecule has 0 N–H and O–H groups in total. The van der Waals surface area contributed by atoms with E-state index in [-0.39, 0.29) is 22.2 Å². The fraction of sp³-hybridized carbons (Fsp3) is 0.300. The van der Waals surface area contributed by atoms with Gasteiger partial charge in [-0.1, -0.05) is 38.5 Å². The van der Waals surface area contributed by atoms with Crippen molar-refractivity contribution < 1.29 is 0 Å². The van der Waals surface area contributed by atoms with Crippen LogP contribution >= 0.6 is 56.7 Å². The summed E-state index contributed by atoms with van der Waals surface area (Å²) in [6, 6.07) is 15.0. The van der Waals surface area contributed by atoms with Crippen molar-refractivity contribution in [3.63, 3.8) is 0 Å². The molecule has 0 saturated heterocycles. The second-order valence-electron chi connectivity index (χ2n) is 13.4. The Morgan fingerprint density at radius 2 is 1.24 bits per heavy atom. The number of nitriles is 2. The van der Waals surface area contributed by atoms with Gasteiger partial charge in [-0.15, -0.1) is 56.7 Å². The summed E-state index contributed by atoms with van der Waals surface area (Å²) in [5.41, 5.74) is 6.54. The molecule has 2 saturated carbocycles. The first-order chi connectivity index (χ1) is 24.0. The van der Waals surface area contributed by atoms with E-state index in [2.05, 4.69) is 51.4 Å². The second-order valence-corrected chi connectivity index (χ2v) is 18.8. The van der Waals surface area contributed by atoms with E-state index in [1.165, 1.54) is 114 Å². The first kappa shape index (κ1) is 31.0. The molecule has 0 atom stereocenters. The van der Waals surface area contributed by atoms with Crippen molar-refractivity contribution >= 4 is 89.9 Å². The monoisotopic (exact) mass is 724 g/mol. The average molecular weight is 725 g/mol. The Labute approximate surface area is 305 Å². The van der Waals surface area contributed by atoms with Gasteiger partial charge in [-0.2, -0.15) is 0 Å². The fourth-order valence-corrected chi connectivity index (χ4v) is 15.6. The van der Waals surface area contributed by atoms with Crippen LogP contribution in [0.25, 0.3) is 62.4 Å². The number of hydrogen-bond donors (Lipinski definition) is 0. The lowest BCUT2D eigenvalue weighted by Crippen LogP contribution is -2.28. The highest BCUT2D eigenvalue weighted by atomic mass is 32.1. The molecule has 0 aromatic carbocycles. The highest BCUT2D eigenvalue weighted by Crippen LogP contribution is 2.68. The minimum absolute atomic E-state index is 0.0196. The van der Waals surface area contributed by atoms with Gasteiger partial charge in [-0.25, -0.2) is 20.2 Å². The van der Waals surface area contributed by atoms with Crippen LogP contribution in [-0.4, -0.2) is 0 Å². The molecule has 0 amide bonds. The third-order valence-electron chi connectivity index (χ3n) is 11.0. The van der Waals surface area contributed by atoms with Crippen LogP contribution in [0.5, 0.6) is 0 Å². The zero-order valence-electron chi connectivity index (χ0n) is 26.5. The van der Waals surface area contributed by atoms with Crippen LogP contribution in [0.15, 0.2) is 41.7 Å². The number of nitrogens with zero attached hydrogens (tertiary/aromatic N) is 4. The highest BCUT2D eigenvalue weighted by molar-refractivity contribution is 7.33. The van der Waals surface area contributed by atoms with Crippen LogP contribution in [0.1, 0.15) is 100 Å². The largest absolute Gasteiger partial charge is 0.263 e. The number of rotatable bonds is 4. The maximum Gasteiger partial charge on any atom is 0.263 e. The molecule has 2 spiro atoms. The van der Waals surface area contributed by atoms with Crippen molar-refractivity contribution in [1.29, 1.82) is 10.5 Å². The minimum Gasteiger partial charge on any atom is -0.227 e. The molecular weight excluding hydrogens is 697 g/mol. The van der Waals surface area contributed by atoms with Crippen molar-refractivity contribution in [3.8, 4) is 31.6 Å². The van der Waals surface area contributed by atoms with Gasteiger partial charge in [0.25, 0.3) is 11.4 Å². The molecule has 5 aromatic rings. The van der Waals surface area contributed by atoms with Crippen LogP contribution in [-0.2, 0) is 10.8 Å². The van der Waals surface area contributed by atoms with Gasteiger partial charge < -0.3 is 0 Å². The zero-order chi connectivity index (χ0) is 33.3. The van der Waals surface area contributed by atoms with Crippen LogP contribution in [0.4, 0.5) is 0 Å². The molecule has 5 aromatic heterocycles. The topological polar surface area (TPSA) is 56.3 Å². The maximum absolute atomic E-state index is 9.35. The van der Waals surface area contributed by atoms with Gasteiger partial charge >= 0.3 is 0 Å². The molecule has 2 fully saturated rings. The standard InChI is InChI=1S/C40H28N4S5/c1-43-23(21-41)17-25-9-11-29(45-25)27-19-32-33(39(27)13-5-3-6-14-39)36-38(48-32)34-37(49-36)35-28(40(34)15-7-4-8-16-40)20-31(47-35)30-12-10-26(46-30)18-24(22-42)44-2/h9-12,17-20H,3-8,13-16H2/b23-17+,24-18-. The van der Waals surface area contributed by atoms with E-state index in [0.29, 0.717) is 0 Å². The number of hydrogen-bond acceptors (Lipinski definition) is 7. The van der Waals surface area contributed by atoms with Gasteiger partial charge in [-0.3, -0.25) is 0 Å². The Balaban J connectivity index is 1.18. The summed E-state index contributed by atoms with van der Waals surface area (Å²) in [6.07, 6.45) is 18.3. The predicted molar refractivity (Wildman–Crippen MR) is 208 cm³/mol. The summed E-state index contributed by atoms with van der Waals surface area (Å²) >= 11 is 9.41. The molecule has 4 aliphatic carbocycles. The predicted octanol–water partition coefficient (Wildman–Crippen LogP) is 13.4. The van der Waals surface area contributed by atoms with E-state index < -0.39 is 0 Å². The molecule has 0 radical (unpaired) electrons. The zero-order valence-corrected chi connectivity index (χ0v) is 30.6. The van der Waals surface area contributed by atoms with E-state index >= 15 is 0 Å². The van der Waals surface area contributed by atoms with E-state index in [4.69, 9.17) is 13.1 Å². The third-order valence-corrected chi connectivity index (χ3v) is 17.0. The number of fused-ring (bicyclic) bond motifs is 10. The van der Waals surface area contributed by atoms with Crippen LogP contribution in [0.3, 0.4) is 0 Å². The van der Waals surface area contributed by atoms with Crippen LogP contribution in [0.2, 0.25) is 0 Å². The van der Waals surface area contributed by atoms with Crippen molar-refractivity contribution in [1.82, 2.24) is 0 Å². The molecule has 5 heterocycles. The van der Waals surface area contributed by atoms with Crippen molar-refractivity contribution in [2.75, 3.05) is 0 Å². The minimum atomic E-state index is 0.0196. The van der Waals surface area contributed by atoms with Gasteiger partial charge in [0.05, 0.1) is 39.6 Å². The molecule has 9 heteroatoms. The maximum atomic E-state index is 9.35. The Bertz CT molecular complexity index is 2430. The molecule has 0 bridgehead atoms. The molecule has 0 unspecified atom stereocenters. The molecule has 49 heavy (non-hydrogen) atoms. The summed E-state index contributed by atoms with van der Waals surface area (Å²) < 4.78 is 3.06. The summed E-state index contributed by atoms with van der Waals surface area (Å²) in [6.45, 7) is 14.6. The Morgan fingerprint density at radius 3 is 1.88 bits per heavy atom. The Hall–Kier alpha value is -4.06. The summed E-state index contributed by atoms with van der Waals surface area (Å²) in [5, 5.41) is 18.6. The van der Waals surface area contributed by atoms with Crippen molar-refractivity contribution in [3.05, 3.63) is 101 Å². The van der Waals surface area contributed by atoms with Gasteiger partial charge in [0.2, 0.25) is 0 Å². The molecule has 0 aliphatic heterocycles. The number of allylic oxidation sites excluding steroid dienone is 3. The van der Waals surface area contributed by atoms with E-state index in [9.17, 15) is 10.5 Å².